The van der Waals surface area contributed by atoms with E-state index in [4.69, 9.17) is 0 Å². The zero-order valence-electron chi connectivity index (χ0n) is 14.1. The maximum absolute atomic E-state index is 13.0. The van der Waals surface area contributed by atoms with Crippen LogP contribution in [0.15, 0.2) is 30.4 Å². The second-order valence-electron chi connectivity index (χ2n) is 6.81. The van der Waals surface area contributed by atoms with E-state index in [2.05, 4.69) is 15.3 Å². The van der Waals surface area contributed by atoms with Crippen molar-refractivity contribution in [2.45, 2.75) is 26.4 Å². The summed E-state index contributed by atoms with van der Waals surface area (Å²) in [5.74, 6) is -0.318. The number of aliphatic hydroxyl groups excluding tert-OH is 1. The highest BCUT2D eigenvalue weighted by molar-refractivity contribution is 5.93. The van der Waals surface area contributed by atoms with Crippen molar-refractivity contribution >= 4 is 28.7 Å². The lowest BCUT2D eigenvalue weighted by atomic mass is 9.90. The van der Waals surface area contributed by atoms with Gasteiger partial charge in [-0.05, 0) is 29.7 Å². The number of rotatable bonds is 5. The van der Waals surface area contributed by atoms with Crippen LogP contribution in [0.3, 0.4) is 0 Å². The molecular formula is C17H17F3N4O2. The van der Waals surface area contributed by atoms with Crippen molar-refractivity contribution in [3.8, 4) is 0 Å². The second-order valence-corrected chi connectivity index (χ2v) is 6.81. The average molecular weight is 366 g/mol. The maximum atomic E-state index is 13.0. The van der Waals surface area contributed by atoms with Crippen LogP contribution in [-0.2, 0) is 11.0 Å². The first kappa shape index (κ1) is 18.1. The molecule has 26 heavy (non-hydrogen) atoms. The van der Waals surface area contributed by atoms with Crippen molar-refractivity contribution in [2.24, 2.45) is 5.41 Å². The van der Waals surface area contributed by atoms with Gasteiger partial charge in [0.15, 0.2) is 5.65 Å². The van der Waals surface area contributed by atoms with Crippen LogP contribution >= 0.6 is 0 Å². The fourth-order valence-corrected chi connectivity index (χ4v) is 2.43. The largest absolute Gasteiger partial charge is 0.433 e. The maximum Gasteiger partial charge on any atom is 0.433 e. The molecule has 0 unspecified atom stereocenters. The van der Waals surface area contributed by atoms with E-state index in [1.165, 1.54) is 10.6 Å². The number of hydrogen-bond acceptors (Lipinski definition) is 4. The smallest absolute Gasteiger partial charge is 0.396 e. The number of carbonyl (C=O) groups is 1. The van der Waals surface area contributed by atoms with E-state index in [0.717, 1.165) is 6.07 Å². The molecule has 0 bridgehead atoms. The summed E-state index contributed by atoms with van der Waals surface area (Å²) in [4.78, 5) is 20.1. The van der Waals surface area contributed by atoms with Crippen LogP contribution in [-0.4, -0.2) is 32.2 Å². The van der Waals surface area contributed by atoms with Crippen LogP contribution in [0, 0.1) is 5.41 Å². The number of imidazole rings is 1. The summed E-state index contributed by atoms with van der Waals surface area (Å²) in [6.45, 7) is 3.27. The van der Waals surface area contributed by atoms with Gasteiger partial charge < -0.3 is 5.11 Å². The number of pyridine rings is 1. The highest BCUT2D eigenvalue weighted by Crippen LogP contribution is 2.32. The van der Waals surface area contributed by atoms with Crippen molar-refractivity contribution in [3.05, 3.63) is 36.1 Å². The number of alkyl halides is 3. The summed E-state index contributed by atoms with van der Waals surface area (Å²) < 4.78 is 40.3. The number of fused-ring (bicyclic) bond motifs is 1. The minimum absolute atomic E-state index is 0.00661. The third-order valence-corrected chi connectivity index (χ3v) is 3.91. The molecule has 6 nitrogen and oxygen atoms in total. The number of carbonyl (C=O) groups excluding carboxylic acids is 1. The summed E-state index contributed by atoms with van der Waals surface area (Å²) in [5, 5.41) is 11.9. The Morgan fingerprint density at radius 2 is 1.96 bits per heavy atom. The number of halogens is 3. The van der Waals surface area contributed by atoms with Gasteiger partial charge in [-0.1, -0.05) is 19.9 Å². The zero-order valence-corrected chi connectivity index (χ0v) is 14.1. The predicted octanol–water partition coefficient (Wildman–Crippen LogP) is 3.21. The number of aliphatic hydroxyl groups is 1. The number of aromatic nitrogens is 3. The lowest BCUT2D eigenvalue weighted by Gasteiger charge is -2.20. The monoisotopic (exact) mass is 366 g/mol. The van der Waals surface area contributed by atoms with Gasteiger partial charge in [0.25, 0.3) is 0 Å². The minimum atomic E-state index is -4.58. The van der Waals surface area contributed by atoms with Gasteiger partial charge in [-0.3, -0.25) is 14.7 Å². The van der Waals surface area contributed by atoms with Crippen LogP contribution in [0.25, 0.3) is 16.9 Å². The number of anilines is 1. The van der Waals surface area contributed by atoms with Crippen LogP contribution in [0.5, 0.6) is 0 Å². The Labute approximate surface area is 147 Å². The van der Waals surface area contributed by atoms with Gasteiger partial charge in [-0.15, -0.1) is 0 Å². The molecule has 2 aromatic rings. The molecule has 1 aliphatic rings. The van der Waals surface area contributed by atoms with E-state index in [1.807, 2.05) is 0 Å². The summed E-state index contributed by atoms with van der Waals surface area (Å²) in [7, 11) is 0. The van der Waals surface area contributed by atoms with E-state index >= 15 is 0 Å². The van der Waals surface area contributed by atoms with Gasteiger partial charge in [-0.2, -0.15) is 13.2 Å². The van der Waals surface area contributed by atoms with Crippen molar-refractivity contribution < 1.29 is 23.1 Å². The number of nitrogens with one attached hydrogen (secondary N) is 1. The molecule has 3 rings (SSSR count). The number of nitrogens with zero attached hydrogens (tertiary/aromatic N) is 3. The number of amides is 1. The molecule has 1 amide bonds. The van der Waals surface area contributed by atoms with Crippen LogP contribution in [0.4, 0.5) is 19.1 Å². The highest BCUT2D eigenvalue weighted by atomic mass is 19.4. The van der Waals surface area contributed by atoms with E-state index in [1.54, 1.807) is 32.1 Å². The first-order valence-electron chi connectivity index (χ1n) is 7.87. The van der Waals surface area contributed by atoms with Crippen LogP contribution in [0.2, 0.25) is 0 Å². The Morgan fingerprint density at radius 3 is 2.50 bits per heavy atom. The van der Waals surface area contributed by atoms with E-state index < -0.39 is 23.2 Å². The Hall–Kier alpha value is -2.68. The average Bonchev–Trinajstić information content (AvgIpc) is 2.81. The molecule has 9 heteroatoms. The molecule has 0 radical (unpaired) electrons. The van der Waals surface area contributed by atoms with Crippen molar-refractivity contribution in [3.63, 3.8) is 0 Å². The van der Waals surface area contributed by atoms with Gasteiger partial charge in [0, 0.05) is 13.0 Å². The first-order valence-corrected chi connectivity index (χ1v) is 7.87. The van der Waals surface area contributed by atoms with Crippen molar-refractivity contribution in [2.75, 3.05) is 11.9 Å². The second kappa shape index (κ2) is 6.24. The zero-order chi connectivity index (χ0) is 19.1. The van der Waals surface area contributed by atoms with E-state index in [-0.39, 0.29) is 30.1 Å². The summed E-state index contributed by atoms with van der Waals surface area (Å²) in [6.07, 6.45) is 0.520. The number of hydrogen-bond donors (Lipinski definition) is 2. The Morgan fingerprint density at radius 1 is 1.27 bits per heavy atom. The summed E-state index contributed by atoms with van der Waals surface area (Å²) in [5.41, 5.74) is -0.855. The molecule has 2 aromatic heterocycles. The molecule has 0 saturated heterocycles. The number of allylic oxidation sites excluding steroid dienone is 4. The van der Waals surface area contributed by atoms with Gasteiger partial charge in [0.1, 0.15) is 11.2 Å². The lowest BCUT2D eigenvalue weighted by Crippen LogP contribution is -2.26. The molecule has 0 aromatic carbocycles. The fraction of sp³-hybridized carbons (Fsp3) is 0.353. The molecule has 0 fully saturated rings. The molecule has 2 heterocycles. The molecule has 0 aliphatic heterocycles. The summed E-state index contributed by atoms with van der Waals surface area (Å²) >= 11 is 0. The molecule has 0 spiro atoms. The third-order valence-electron chi connectivity index (χ3n) is 3.91. The normalized spacial score (nSPS) is 14.3. The molecular weight excluding hydrogens is 349 g/mol. The minimum Gasteiger partial charge on any atom is -0.396 e. The lowest BCUT2D eigenvalue weighted by molar-refractivity contribution is -0.141. The molecule has 0 saturated carbocycles. The van der Waals surface area contributed by atoms with Crippen LogP contribution in [0.1, 0.15) is 26.0 Å². The third kappa shape index (κ3) is 3.48. The quantitative estimate of drug-likeness (QED) is 0.852. The molecule has 0 atom stereocenters. The topological polar surface area (TPSA) is 80.0 Å². The molecule has 2 N–H and O–H groups in total. The Kier molecular flexibility index (Phi) is 4.35. The molecule has 138 valence electrons. The van der Waals surface area contributed by atoms with Gasteiger partial charge >= 0.3 is 6.18 Å². The van der Waals surface area contributed by atoms with Gasteiger partial charge in [0.2, 0.25) is 11.9 Å². The Balaban J connectivity index is 2.01. The first-order chi connectivity index (χ1) is 12.1. The SMILES string of the molecule is CC(C)(CO)CC(=O)Nc1nc2ccc(C(F)(F)F)nc2n1C1=CC=C1. The van der Waals surface area contributed by atoms with E-state index in [9.17, 15) is 23.1 Å². The fourth-order valence-electron chi connectivity index (χ4n) is 2.43. The standard InChI is InChI=1S/C17H17F3N4O2/c1-16(2,9-25)8-13(26)23-15-21-11-6-7-12(17(18,19)20)22-14(11)24(15)10-4-3-5-10/h3-7,25H,8-9H2,1-2H3,(H,21,23,26). The van der Waals surface area contributed by atoms with Crippen molar-refractivity contribution in [1.29, 1.82) is 0 Å². The van der Waals surface area contributed by atoms with Crippen molar-refractivity contribution in [1.82, 2.24) is 14.5 Å². The van der Waals surface area contributed by atoms with Gasteiger partial charge in [0.05, 0.1) is 5.70 Å². The van der Waals surface area contributed by atoms with Gasteiger partial charge in [-0.25, -0.2) is 9.97 Å². The Bertz CT molecular complexity index is 926. The summed E-state index contributed by atoms with van der Waals surface area (Å²) in [6, 6.07) is 2.07. The predicted molar refractivity (Wildman–Crippen MR) is 90.1 cm³/mol. The highest BCUT2D eigenvalue weighted by Gasteiger charge is 2.33. The van der Waals surface area contributed by atoms with E-state index in [0.29, 0.717) is 5.70 Å². The van der Waals surface area contributed by atoms with Crippen LogP contribution < -0.4 is 5.32 Å². The molecule has 1 aliphatic carbocycles.